The summed E-state index contributed by atoms with van der Waals surface area (Å²) in [5.41, 5.74) is 5.00. The van der Waals surface area contributed by atoms with Gasteiger partial charge in [-0.05, 0) is 25.0 Å². The molecule has 0 amide bonds. The van der Waals surface area contributed by atoms with Crippen LogP contribution in [0.15, 0.2) is 53.7 Å². The molecule has 3 rings (SSSR count). The number of nitrogens with one attached hydrogen (secondary N) is 1. The maximum atomic E-state index is 4.54. The first-order valence-corrected chi connectivity index (χ1v) is 7.88. The summed E-state index contributed by atoms with van der Waals surface area (Å²) < 4.78 is 0. The summed E-state index contributed by atoms with van der Waals surface area (Å²) >= 11 is 1.66. The Hall–Kier alpha value is -2.07. The summed E-state index contributed by atoms with van der Waals surface area (Å²) in [5.74, 6) is 1.71. The summed E-state index contributed by atoms with van der Waals surface area (Å²) in [4.78, 5) is 4.54. The lowest BCUT2D eigenvalue weighted by Gasteiger charge is -2.05. The minimum atomic E-state index is 0.787. The zero-order chi connectivity index (χ0) is 14.7. The highest BCUT2D eigenvalue weighted by Crippen LogP contribution is 2.24. The molecule has 0 fully saturated rings. The van der Waals surface area contributed by atoms with Crippen molar-refractivity contribution in [3.63, 3.8) is 0 Å². The van der Waals surface area contributed by atoms with Gasteiger partial charge in [0.15, 0.2) is 5.82 Å². The maximum Gasteiger partial charge on any atom is 0.209 e. The molecule has 2 aromatic carbocycles. The highest BCUT2D eigenvalue weighted by atomic mass is 32.2. The van der Waals surface area contributed by atoms with Gasteiger partial charge >= 0.3 is 0 Å². The lowest BCUT2D eigenvalue weighted by molar-refractivity contribution is 0.973. The van der Waals surface area contributed by atoms with Crippen LogP contribution in [-0.2, 0) is 5.75 Å². The summed E-state index contributed by atoms with van der Waals surface area (Å²) in [5, 5.41) is 8.08. The monoisotopic (exact) mass is 295 g/mol. The van der Waals surface area contributed by atoms with Gasteiger partial charge in [0.1, 0.15) is 0 Å². The predicted octanol–water partition coefficient (Wildman–Crippen LogP) is 4.38. The number of benzene rings is 2. The molecule has 1 aromatic heterocycles. The molecule has 3 nitrogen and oxygen atoms in total. The third-order valence-corrected chi connectivity index (χ3v) is 4.27. The highest BCUT2D eigenvalue weighted by Gasteiger charge is 2.07. The zero-order valence-electron chi connectivity index (χ0n) is 12.1. The Morgan fingerprint density at radius 2 is 1.86 bits per heavy atom. The maximum absolute atomic E-state index is 4.54. The second-order valence-electron chi connectivity index (χ2n) is 5.05. The van der Waals surface area contributed by atoms with Crippen LogP contribution in [0.3, 0.4) is 0 Å². The Morgan fingerprint density at radius 3 is 2.67 bits per heavy atom. The van der Waals surface area contributed by atoms with Crippen molar-refractivity contribution >= 4 is 11.8 Å². The van der Waals surface area contributed by atoms with Crippen molar-refractivity contribution in [1.29, 1.82) is 0 Å². The normalized spacial score (nSPS) is 10.8. The van der Waals surface area contributed by atoms with Crippen molar-refractivity contribution in [2.45, 2.75) is 24.8 Å². The van der Waals surface area contributed by atoms with E-state index in [2.05, 4.69) is 47.2 Å². The van der Waals surface area contributed by atoms with Crippen LogP contribution in [0.2, 0.25) is 0 Å². The second-order valence-corrected chi connectivity index (χ2v) is 5.99. The van der Waals surface area contributed by atoms with Crippen LogP contribution >= 0.6 is 11.8 Å². The first kappa shape index (κ1) is 13.9. The summed E-state index contributed by atoms with van der Waals surface area (Å²) in [7, 11) is 0. The van der Waals surface area contributed by atoms with Gasteiger partial charge in [0.25, 0.3) is 0 Å². The first-order valence-electron chi connectivity index (χ1n) is 6.89. The molecule has 4 heteroatoms. The highest BCUT2D eigenvalue weighted by molar-refractivity contribution is 7.98. The van der Waals surface area contributed by atoms with Crippen molar-refractivity contribution in [1.82, 2.24) is 15.2 Å². The van der Waals surface area contributed by atoms with Crippen LogP contribution in [0.4, 0.5) is 0 Å². The van der Waals surface area contributed by atoms with Gasteiger partial charge in [0, 0.05) is 11.3 Å². The lowest BCUT2D eigenvalue weighted by atomic mass is 10.1. The Labute approximate surface area is 128 Å². The minimum Gasteiger partial charge on any atom is -0.258 e. The largest absolute Gasteiger partial charge is 0.258 e. The van der Waals surface area contributed by atoms with E-state index in [1.165, 1.54) is 16.7 Å². The number of hydrogen-bond donors (Lipinski definition) is 1. The third kappa shape index (κ3) is 3.34. The van der Waals surface area contributed by atoms with Crippen LogP contribution in [0, 0.1) is 13.8 Å². The number of aromatic amines is 1. The Balaban J connectivity index is 1.72. The molecule has 0 aliphatic rings. The SMILES string of the molecule is Cc1ccc(C)c(CSc2n[nH]c(-c3ccccc3)n2)c1. The van der Waals surface area contributed by atoms with Crippen molar-refractivity contribution in [3.05, 3.63) is 65.2 Å². The Kier molecular flexibility index (Phi) is 4.06. The summed E-state index contributed by atoms with van der Waals surface area (Å²) in [6.07, 6.45) is 0. The molecule has 0 aliphatic heterocycles. The van der Waals surface area contributed by atoms with Gasteiger partial charge in [-0.15, -0.1) is 5.10 Å². The van der Waals surface area contributed by atoms with Gasteiger partial charge in [0.05, 0.1) is 0 Å². The van der Waals surface area contributed by atoms with Crippen molar-refractivity contribution in [3.8, 4) is 11.4 Å². The quantitative estimate of drug-likeness (QED) is 0.726. The van der Waals surface area contributed by atoms with Crippen LogP contribution in [0.25, 0.3) is 11.4 Å². The molecule has 0 bridgehead atoms. The average molecular weight is 295 g/mol. The fraction of sp³-hybridized carbons (Fsp3) is 0.176. The van der Waals surface area contributed by atoms with E-state index in [1.807, 2.05) is 30.3 Å². The summed E-state index contributed by atoms with van der Waals surface area (Å²) in [6.45, 7) is 4.26. The number of rotatable bonds is 4. The number of H-pyrrole nitrogens is 1. The second kappa shape index (κ2) is 6.14. The van der Waals surface area contributed by atoms with Gasteiger partial charge in [0.2, 0.25) is 5.16 Å². The van der Waals surface area contributed by atoms with E-state index >= 15 is 0 Å². The molecule has 3 aromatic rings. The lowest BCUT2D eigenvalue weighted by Crippen LogP contribution is -1.88. The molecule has 0 atom stereocenters. The van der Waals surface area contributed by atoms with Crippen LogP contribution < -0.4 is 0 Å². The number of aryl methyl sites for hydroxylation is 2. The molecule has 0 radical (unpaired) electrons. The fourth-order valence-corrected chi connectivity index (χ4v) is 3.00. The van der Waals surface area contributed by atoms with Gasteiger partial charge in [-0.3, -0.25) is 5.10 Å². The topological polar surface area (TPSA) is 41.6 Å². The number of thioether (sulfide) groups is 1. The average Bonchev–Trinajstić information content (AvgIpc) is 2.98. The van der Waals surface area contributed by atoms with E-state index in [-0.39, 0.29) is 0 Å². The van der Waals surface area contributed by atoms with Crippen molar-refractivity contribution in [2.75, 3.05) is 0 Å². The number of hydrogen-bond acceptors (Lipinski definition) is 3. The molecular formula is C17H17N3S. The van der Waals surface area contributed by atoms with Crippen molar-refractivity contribution < 1.29 is 0 Å². The Morgan fingerprint density at radius 1 is 1.05 bits per heavy atom. The molecule has 0 unspecified atom stereocenters. The standard InChI is InChI=1S/C17H17N3S/c1-12-8-9-13(2)15(10-12)11-21-17-18-16(19-20-17)14-6-4-3-5-7-14/h3-10H,11H2,1-2H3,(H,18,19,20). The van der Waals surface area contributed by atoms with Crippen molar-refractivity contribution in [2.24, 2.45) is 0 Å². The molecular weight excluding hydrogens is 278 g/mol. The summed E-state index contributed by atoms with van der Waals surface area (Å²) in [6, 6.07) is 16.6. The molecule has 1 heterocycles. The van der Waals surface area contributed by atoms with E-state index in [0.29, 0.717) is 0 Å². The van der Waals surface area contributed by atoms with E-state index < -0.39 is 0 Å². The number of aromatic nitrogens is 3. The molecule has 106 valence electrons. The minimum absolute atomic E-state index is 0.787. The predicted molar refractivity (Wildman–Crippen MR) is 87.3 cm³/mol. The van der Waals surface area contributed by atoms with Crippen LogP contribution in [-0.4, -0.2) is 15.2 Å². The van der Waals surface area contributed by atoms with E-state index in [9.17, 15) is 0 Å². The molecule has 0 saturated heterocycles. The molecule has 1 N–H and O–H groups in total. The van der Waals surface area contributed by atoms with E-state index in [0.717, 1.165) is 22.3 Å². The third-order valence-electron chi connectivity index (χ3n) is 3.37. The smallest absolute Gasteiger partial charge is 0.209 e. The van der Waals surface area contributed by atoms with E-state index in [4.69, 9.17) is 0 Å². The molecule has 0 aliphatic carbocycles. The van der Waals surface area contributed by atoms with Crippen LogP contribution in [0.5, 0.6) is 0 Å². The molecule has 0 spiro atoms. The molecule has 0 saturated carbocycles. The van der Waals surface area contributed by atoms with Gasteiger partial charge in [-0.1, -0.05) is 65.9 Å². The van der Waals surface area contributed by atoms with Crippen LogP contribution in [0.1, 0.15) is 16.7 Å². The fourth-order valence-electron chi connectivity index (χ4n) is 2.13. The van der Waals surface area contributed by atoms with Gasteiger partial charge < -0.3 is 0 Å². The van der Waals surface area contributed by atoms with Gasteiger partial charge in [-0.25, -0.2) is 4.98 Å². The molecule has 21 heavy (non-hydrogen) atoms. The first-order chi connectivity index (χ1) is 10.2. The van der Waals surface area contributed by atoms with Gasteiger partial charge in [-0.2, -0.15) is 0 Å². The van der Waals surface area contributed by atoms with E-state index in [1.54, 1.807) is 11.8 Å². The Bertz CT molecular complexity index is 735. The number of nitrogens with zero attached hydrogens (tertiary/aromatic N) is 2. The zero-order valence-corrected chi connectivity index (χ0v) is 12.9.